The number of hydrogen-bond donors (Lipinski definition) is 0. The van der Waals surface area contributed by atoms with E-state index in [1.807, 2.05) is 6.92 Å². The highest BCUT2D eigenvalue weighted by molar-refractivity contribution is 6.31. The van der Waals surface area contributed by atoms with Crippen LogP contribution in [0.25, 0.3) is 22.8 Å². The van der Waals surface area contributed by atoms with E-state index in [-0.39, 0.29) is 0 Å². The van der Waals surface area contributed by atoms with E-state index >= 15 is 0 Å². The van der Waals surface area contributed by atoms with E-state index < -0.39 is 0 Å². The van der Waals surface area contributed by atoms with E-state index in [4.69, 9.17) is 11.6 Å². The van der Waals surface area contributed by atoms with E-state index in [1.54, 1.807) is 6.20 Å². The Labute approximate surface area is 151 Å². The number of allylic oxidation sites excluding steroid dienone is 1. The summed E-state index contributed by atoms with van der Waals surface area (Å²) >= 11 is 6.22. The molecule has 0 radical (unpaired) electrons. The maximum Gasteiger partial charge on any atom is 0.144 e. The van der Waals surface area contributed by atoms with E-state index in [2.05, 4.69) is 50.9 Å². The highest BCUT2D eigenvalue weighted by Gasteiger charge is 2.25. The van der Waals surface area contributed by atoms with Gasteiger partial charge in [-0.25, -0.2) is 4.98 Å². The van der Waals surface area contributed by atoms with Gasteiger partial charge < -0.3 is 9.47 Å². The molecule has 1 aliphatic carbocycles. The molecule has 0 N–H and O–H groups in total. The van der Waals surface area contributed by atoms with E-state index in [0.717, 1.165) is 37.3 Å². The third-order valence-electron chi connectivity index (χ3n) is 5.29. The van der Waals surface area contributed by atoms with Crippen LogP contribution >= 0.6 is 11.6 Å². The quantitative estimate of drug-likeness (QED) is 0.666. The van der Waals surface area contributed by atoms with Gasteiger partial charge in [-0.1, -0.05) is 17.7 Å². The van der Waals surface area contributed by atoms with Gasteiger partial charge >= 0.3 is 0 Å². The molecule has 126 valence electrons. The SMILES string of the molecule is Cc1ccc2c(n1)C/C2=C\n1c2c(c3cc(Cl)cnc31)CN(C)CC2. The highest BCUT2D eigenvalue weighted by Crippen LogP contribution is 2.36. The van der Waals surface area contributed by atoms with Crippen LogP contribution in [0.2, 0.25) is 5.02 Å². The fraction of sp³-hybridized carbons (Fsp3) is 0.300. The number of aryl methyl sites for hydroxylation is 1. The molecule has 5 rings (SSSR count). The van der Waals surface area contributed by atoms with Crippen molar-refractivity contribution < 1.29 is 0 Å². The first-order valence-corrected chi connectivity index (χ1v) is 9.01. The molecule has 4 nitrogen and oxygen atoms in total. The maximum atomic E-state index is 6.22. The van der Waals surface area contributed by atoms with Crippen molar-refractivity contribution >= 4 is 34.4 Å². The van der Waals surface area contributed by atoms with Crippen molar-refractivity contribution in [3.8, 4) is 0 Å². The van der Waals surface area contributed by atoms with Gasteiger partial charge in [-0.05, 0) is 37.2 Å². The lowest BCUT2D eigenvalue weighted by Gasteiger charge is -2.25. The zero-order valence-corrected chi connectivity index (χ0v) is 15.1. The van der Waals surface area contributed by atoms with E-state index in [9.17, 15) is 0 Å². The normalized spacial score (nSPS) is 18.3. The molecule has 3 aromatic heterocycles. The molecule has 0 saturated heterocycles. The zero-order valence-electron chi connectivity index (χ0n) is 14.4. The summed E-state index contributed by atoms with van der Waals surface area (Å²) in [6.07, 6.45) is 5.96. The minimum Gasteiger partial charge on any atom is -0.304 e. The summed E-state index contributed by atoms with van der Waals surface area (Å²) in [4.78, 5) is 11.6. The van der Waals surface area contributed by atoms with Crippen molar-refractivity contribution in [2.45, 2.75) is 26.3 Å². The van der Waals surface area contributed by atoms with Crippen molar-refractivity contribution in [3.05, 3.63) is 57.6 Å². The molecule has 1 aliphatic heterocycles. The minimum absolute atomic E-state index is 0.696. The molecule has 0 atom stereocenters. The number of likely N-dealkylation sites (N-methyl/N-ethyl adjacent to an activating group) is 1. The molecular weight excluding hydrogens is 332 g/mol. The van der Waals surface area contributed by atoms with Crippen LogP contribution in [0.15, 0.2) is 24.4 Å². The Balaban J connectivity index is 1.69. The summed E-state index contributed by atoms with van der Waals surface area (Å²) in [5.74, 6) is 0. The largest absolute Gasteiger partial charge is 0.304 e. The summed E-state index contributed by atoms with van der Waals surface area (Å²) in [6, 6.07) is 6.32. The third kappa shape index (κ3) is 2.32. The Morgan fingerprint density at radius 1 is 1.28 bits per heavy atom. The number of fused-ring (bicyclic) bond motifs is 4. The fourth-order valence-corrected chi connectivity index (χ4v) is 4.14. The minimum atomic E-state index is 0.696. The van der Waals surface area contributed by atoms with E-state index in [1.165, 1.54) is 33.5 Å². The molecule has 4 heterocycles. The van der Waals surface area contributed by atoms with Gasteiger partial charge in [0.05, 0.1) is 10.7 Å². The molecule has 0 aromatic carbocycles. The lowest BCUT2D eigenvalue weighted by molar-refractivity contribution is 0.312. The van der Waals surface area contributed by atoms with Gasteiger partial charge in [0.15, 0.2) is 0 Å². The lowest BCUT2D eigenvalue weighted by Crippen LogP contribution is -2.27. The Bertz CT molecular complexity index is 1050. The fourth-order valence-electron chi connectivity index (χ4n) is 3.98. The zero-order chi connectivity index (χ0) is 17.1. The van der Waals surface area contributed by atoms with Crippen molar-refractivity contribution in [2.75, 3.05) is 13.6 Å². The number of hydrogen-bond acceptors (Lipinski definition) is 3. The van der Waals surface area contributed by atoms with Gasteiger partial charge in [-0.2, -0.15) is 0 Å². The lowest BCUT2D eigenvalue weighted by atomic mass is 9.88. The van der Waals surface area contributed by atoms with Crippen LogP contribution in [0, 0.1) is 6.92 Å². The van der Waals surface area contributed by atoms with Crippen molar-refractivity contribution in [1.82, 2.24) is 19.4 Å². The average molecular weight is 351 g/mol. The predicted octanol–water partition coefficient (Wildman–Crippen LogP) is 3.94. The number of pyridine rings is 2. The second kappa shape index (κ2) is 5.41. The summed E-state index contributed by atoms with van der Waals surface area (Å²) in [6.45, 7) is 4.06. The molecule has 0 fully saturated rings. The van der Waals surface area contributed by atoms with Crippen molar-refractivity contribution in [2.24, 2.45) is 0 Å². The standard InChI is InChI=1S/C20H19ClN4/c1-12-3-4-15-13(7-18(15)23-12)10-25-19-5-6-24(2)11-17(19)16-8-14(21)9-22-20(16)25/h3-4,8-10H,5-7,11H2,1-2H3/b13-10+. The summed E-state index contributed by atoms with van der Waals surface area (Å²) in [7, 11) is 2.17. The number of rotatable bonds is 1. The van der Waals surface area contributed by atoms with Gasteiger partial charge in [-0.3, -0.25) is 4.98 Å². The molecular formula is C20H19ClN4. The number of halogens is 1. The van der Waals surface area contributed by atoms with Crippen LogP contribution in [0.5, 0.6) is 0 Å². The monoisotopic (exact) mass is 350 g/mol. The molecule has 0 bridgehead atoms. The Kier molecular flexibility index (Phi) is 3.27. The Hall–Kier alpha value is -2.17. The van der Waals surface area contributed by atoms with Crippen LogP contribution in [-0.4, -0.2) is 33.0 Å². The molecule has 0 unspecified atom stereocenters. The highest BCUT2D eigenvalue weighted by atomic mass is 35.5. The average Bonchev–Trinajstić information content (AvgIpc) is 2.86. The smallest absolute Gasteiger partial charge is 0.144 e. The van der Waals surface area contributed by atoms with Crippen molar-refractivity contribution in [3.63, 3.8) is 0 Å². The van der Waals surface area contributed by atoms with Crippen molar-refractivity contribution in [1.29, 1.82) is 0 Å². The molecule has 0 amide bonds. The first-order chi connectivity index (χ1) is 12.1. The number of nitrogens with zero attached hydrogens (tertiary/aromatic N) is 4. The van der Waals surface area contributed by atoms with Gasteiger partial charge in [0, 0.05) is 60.7 Å². The van der Waals surface area contributed by atoms with Crippen LogP contribution in [0.3, 0.4) is 0 Å². The summed E-state index contributed by atoms with van der Waals surface area (Å²) < 4.78 is 2.28. The van der Waals surface area contributed by atoms with Gasteiger partial charge in [0.25, 0.3) is 0 Å². The molecule has 2 aliphatic rings. The Morgan fingerprint density at radius 3 is 3.00 bits per heavy atom. The van der Waals surface area contributed by atoms with Gasteiger partial charge in [0.2, 0.25) is 0 Å². The second-order valence-electron chi connectivity index (χ2n) is 7.09. The van der Waals surface area contributed by atoms with Gasteiger partial charge in [0.1, 0.15) is 5.65 Å². The van der Waals surface area contributed by atoms with Gasteiger partial charge in [-0.15, -0.1) is 0 Å². The molecule has 25 heavy (non-hydrogen) atoms. The summed E-state index contributed by atoms with van der Waals surface area (Å²) in [5, 5.41) is 1.87. The molecule has 0 spiro atoms. The van der Waals surface area contributed by atoms with Crippen LogP contribution in [0.4, 0.5) is 0 Å². The van der Waals surface area contributed by atoms with Crippen LogP contribution < -0.4 is 0 Å². The maximum absolute atomic E-state index is 6.22. The van der Waals surface area contributed by atoms with Crippen LogP contribution in [-0.2, 0) is 19.4 Å². The predicted molar refractivity (Wildman–Crippen MR) is 102 cm³/mol. The van der Waals surface area contributed by atoms with Crippen LogP contribution in [0.1, 0.15) is 28.2 Å². The Morgan fingerprint density at radius 2 is 2.16 bits per heavy atom. The summed E-state index contributed by atoms with van der Waals surface area (Å²) in [5.41, 5.74) is 8.61. The molecule has 3 aromatic rings. The first-order valence-electron chi connectivity index (χ1n) is 8.63. The molecule has 5 heteroatoms. The number of aromatic nitrogens is 3. The topological polar surface area (TPSA) is 34.0 Å². The molecule has 0 saturated carbocycles. The van der Waals surface area contributed by atoms with E-state index in [0.29, 0.717) is 5.02 Å². The first kappa shape index (κ1) is 15.1. The second-order valence-corrected chi connectivity index (χ2v) is 7.52. The third-order valence-corrected chi connectivity index (χ3v) is 5.49.